The van der Waals surface area contributed by atoms with Gasteiger partial charge in [-0.05, 0) is 51.0 Å². The van der Waals surface area contributed by atoms with Crippen LogP contribution in [0, 0.1) is 5.92 Å². The molecule has 0 heterocycles. The molecule has 1 atom stereocenters. The molecule has 0 saturated heterocycles. The number of benzene rings is 1. The van der Waals surface area contributed by atoms with Crippen molar-refractivity contribution in [1.29, 1.82) is 0 Å². The molecular formula is C17H25BrN2O5S. The van der Waals surface area contributed by atoms with Crippen LogP contribution in [0.1, 0.15) is 34.6 Å². The Balaban J connectivity index is 2.80. The summed E-state index contributed by atoms with van der Waals surface area (Å²) in [6.07, 6.45) is 0. The highest BCUT2D eigenvalue weighted by Crippen LogP contribution is 2.16. The van der Waals surface area contributed by atoms with Crippen LogP contribution in [0.4, 0.5) is 0 Å². The third-order valence-corrected chi connectivity index (χ3v) is 5.17. The zero-order valence-electron chi connectivity index (χ0n) is 15.5. The molecule has 1 amide bonds. The minimum Gasteiger partial charge on any atom is -0.454 e. The number of rotatable bonds is 7. The molecule has 0 fully saturated rings. The van der Waals surface area contributed by atoms with Gasteiger partial charge in [0.05, 0.1) is 4.90 Å². The average Bonchev–Trinajstić information content (AvgIpc) is 2.49. The van der Waals surface area contributed by atoms with Crippen molar-refractivity contribution < 1.29 is 22.7 Å². The largest absolute Gasteiger partial charge is 0.454 e. The van der Waals surface area contributed by atoms with Crippen LogP contribution in [0.25, 0.3) is 0 Å². The molecule has 1 aromatic rings. The minimum atomic E-state index is -3.91. The van der Waals surface area contributed by atoms with E-state index in [9.17, 15) is 18.0 Å². The van der Waals surface area contributed by atoms with Crippen LogP contribution in [0.3, 0.4) is 0 Å². The molecule has 1 aromatic carbocycles. The zero-order chi connectivity index (χ0) is 20.1. The number of nitrogens with one attached hydrogen (secondary N) is 2. The Kier molecular flexibility index (Phi) is 7.79. The summed E-state index contributed by atoms with van der Waals surface area (Å²) in [5, 5.41) is 2.66. The van der Waals surface area contributed by atoms with Gasteiger partial charge < -0.3 is 10.1 Å². The fourth-order valence-electron chi connectivity index (χ4n) is 1.99. The van der Waals surface area contributed by atoms with Crippen LogP contribution in [-0.4, -0.2) is 38.5 Å². The minimum absolute atomic E-state index is 0.0321. The number of hydrogen-bond donors (Lipinski definition) is 2. The molecule has 146 valence electrons. The molecule has 9 heteroatoms. The number of sulfonamides is 1. The number of carbonyl (C=O) groups excluding carboxylic acids is 2. The van der Waals surface area contributed by atoms with E-state index in [1.54, 1.807) is 46.8 Å². The van der Waals surface area contributed by atoms with Crippen LogP contribution < -0.4 is 10.0 Å². The Morgan fingerprint density at radius 2 is 1.69 bits per heavy atom. The maximum absolute atomic E-state index is 12.5. The van der Waals surface area contributed by atoms with Gasteiger partial charge in [-0.25, -0.2) is 8.42 Å². The van der Waals surface area contributed by atoms with Crippen molar-refractivity contribution in [3.05, 3.63) is 28.7 Å². The third kappa shape index (κ3) is 7.43. The quantitative estimate of drug-likeness (QED) is 0.622. The van der Waals surface area contributed by atoms with E-state index in [1.165, 1.54) is 12.1 Å². The average molecular weight is 449 g/mol. The van der Waals surface area contributed by atoms with Crippen molar-refractivity contribution in [3.8, 4) is 0 Å². The van der Waals surface area contributed by atoms with Gasteiger partial charge in [0.1, 0.15) is 6.04 Å². The Morgan fingerprint density at radius 1 is 1.15 bits per heavy atom. The molecule has 1 rings (SSSR count). The zero-order valence-corrected chi connectivity index (χ0v) is 17.9. The van der Waals surface area contributed by atoms with Gasteiger partial charge in [0.2, 0.25) is 10.0 Å². The number of esters is 1. The summed E-state index contributed by atoms with van der Waals surface area (Å²) in [5.74, 6) is -1.62. The molecule has 0 bridgehead atoms. The molecule has 0 saturated carbocycles. The predicted molar refractivity (Wildman–Crippen MR) is 102 cm³/mol. The number of hydrogen-bond acceptors (Lipinski definition) is 5. The van der Waals surface area contributed by atoms with Crippen molar-refractivity contribution in [1.82, 2.24) is 10.0 Å². The number of ether oxygens (including phenoxy) is 1. The van der Waals surface area contributed by atoms with Gasteiger partial charge in [-0.2, -0.15) is 4.72 Å². The van der Waals surface area contributed by atoms with Crippen LogP contribution in [-0.2, 0) is 24.3 Å². The lowest BCUT2D eigenvalue weighted by Gasteiger charge is -2.22. The molecule has 0 spiro atoms. The van der Waals surface area contributed by atoms with Gasteiger partial charge in [-0.3, -0.25) is 9.59 Å². The maximum atomic E-state index is 12.5. The number of carbonyl (C=O) groups is 2. The van der Waals surface area contributed by atoms with Crippen LogP contribution in [0.15, 0.2) is 33.6 Å². The summed E-state index contributed by atoms with van der Waals surface area (Å²) in [6, 6.07) is 4.92. The fourth-order valence-corrected chi connectivity index (χ4v) is 3.58. The first-order valence-corrected chi connectivity index (χ1v) is 10.3. The molecule has 0 aliphatic heterocycles. The lowest BCUT2D eigenvalue weighted by atomic mass is 10.1. The lowest BCUT2D eigenvalue weighted by molar-refractivity contribution is -0.151. The van der Waals surface area contributed by atoms with Gasteiger partial charge in [-0.1, -0.05) is 29.8 Å². The van der Waals surface area contributed by atoms with Gasteiger partial charge in [0, 0.05) is 10.0 Å². The normalized spacial score (nSPS) is 13.3. The van der Waals surface area contributed by atoms with E-state index in [-0.39, 0.29) is 10.8 Å². The van der Waals surface area contributed by atoms with Crippen molar-refractivity contribution in [2.24, 2.45) is 5.92 Å². The molecule has 7 nitrogen and oxygen atoms in total. The first kappa shape index (κ1) is 22.6. The Labute approximate surface area is 163 Å². The first-order valence-electron chi connectivity index (χ1n) is 8.07. The molecule has 0 aliphatic carbocycles. The van der Waals surface area contributed by atoms with E-state index in [0.29, 0.717) is 0 Å². The topological polar surface area (TPSA) is 102 Å². The smallest absolute Gasteiger partial charge is 0.324 e. The SMILES string of the molecule is CC(C)C(NS(=O)(=O)c1ccc(Br)cc1)C(=O)OCC(=O)NC(C)(C)C. The van der Waals surface area contributed by atoms with E-state index < -0.39 is 40.1 Å². The van der Waals surface area contributed by atoms with Crippen molar-refractivity contribution in [2.75, 3.05) is 6.61 Å². The summed E-state index contributed by atoms with van der Waals surface area (Å²) in [6.45, 7) is 8.30. The van der Waals surface area contributed by atoms with E-state index in [0.717, 1.165) is 4.47 Å². The van der Waals surface area contributed by atoms with Gasteiger partial charge >= 0.3 is 5.97 Å². The van der Waals surface area contributed by atoms with Gasteiger partial charge in [0.25, 0.3) is 5.91 Å². The summed E-state index contributed by atoms with van der Waals surface area (Å²) >= 11 is 3.24. The van der Waals surface area contributed by atoms with E-state index >= 15 is 0 Å². The standard InChI is InChI=1S/C17H25BrN2O5S/c1-11(2)15(16(22)25-10-14(21)19-17(3,4)5)20-26(23,24)13-8-6-12(18)7-9-13/h6-9,11,15,20H,10H2,1-5H3,(H,19,21). The second-order valence-corrected chi connectivity index (χ2v) is 9.83. The maximum Gasteiger partial charge on any atom is 0.324 e. The van der Waals surface area contributed by atoms with Crippen LogP contribution in [0.5, 0.6) is 0 Å². The van der Waals surface area contributed by atoms with Crippen LogP contribution in [0.2, 0.25) is 0 Å². The van der Waals surface area contributed by atoms with Gasteiger partial charge in [0.15, 0.2) is 6.61 Å². The molecule has 26 heavy (non-hydrogen) atoms. The first-order chi connectivity index (χ1) is 11.8. The molecular weight excluding hydrogens is 424 g/mol. The van der Waals surface area contributed by atoms with E-state index in [4.69, 9.17) is 4.74 Å². The fraction of sp³-hybridized carbons (Fsp3) is 0.529. The molecule has 2 N–H and O–H groups in total. The Morgan fingerprint density at radius 3 is 2.15 bits per heavy atom. The summed E-state index contributed by atoms with van der Waals surface area (Å²) in [4.78, 5) is 24.1. The highest BCUT2D eigenvalue weighted by molar-refractivity contribution is 9.10. The lowest BCUT2D eigenvalue weighted by Crippen LogP contribution is -2.47. The molecule has 0 aromatic heterocycles. The van der Waals surface area contributed by atoms with Crippen LogP contribution >= 0.6 is 15.9 Å². The Bertz CT molecular complexity index is 739. The third-order valence-electron chi connectivity index (χ3n) is 3.19. The van der Waals surface area contributed by atoms with Crippen molar-refractivity contribution in [3.63, 3.8) is 0 Å². The molecule has 0 aliphatic rings. The van der Waals surface area contributed by atoms with Gasteiger partial charge in [-0.15, -0.1) is 0 Å². The van der Waals surface area contributed by atoms with E-state index in [2.05, 4.69) is 26.0 Å². The number of amides is 1. The highest BCUT2D eigenvalue weighted by Gasteiger charge is 2.30. The predicted octanol–water partition coefficient (Wildman–Crippen LogP) is 2.21. The highest BCUT2D eigenvalue weighted by atomic mass is 79.9. The second-order valence-electron chi connectivity index (χ2n) is 7.20. The van der Waals surface area contributed by atoms with E-state index in [1.807, 2.05) is 0 Å². The second kappa shape index (κ2) is 8.96. The van der Waals surface area contributed by atoms with Crippen molar-refractivity contribution in [2.45, 2.75) is 51.1 Å². The van der Waals surface area contributed by atoms with Crippen molar-refractivity contribution >= 4 is 37.8 Å². The summed E-state index contributed by atoms with van der Waals surface area (Å²) < 4.78 is 33.0. The summed E-state index contributed by atoms with van der Waals surface area (Å²) in [5.41, 5.74) is -0.454. The monoisotopic (exact) mass is 448 g/mol. The summed E-state index contributed by atoms with van der Waals surface area (Å²) in [7, 11) is -3.91. The molecule has 1 unspecified atom stereocenters. The Hall–Kier alpha value is -1.45. The molecule has 0 radical (unpaired) electrons. The number of halogens is 1.